The summed E-state index contributed by atoms with van der Waals surface area (Å²) in [6, 6.07) is 7.30. The lowest BCUT2D eigenvalue weighted by Crippen LogP contribution is -2.58. The molecule has 1 aromatic carbocycles. The fourth-order valence-corrected chi connectivity index (χ4v) is 1.95. The lowest BCUT2D eigenvalue weighted by molar-refractivity contribution is -0.163. The van der Waals surface area contributed by atoms with Crippen LogP contribution in [0.5, 0.6) is 0 Å². The highest BCUT2D eigenvalue weighted by atomic mass is 19.4. The van der Waals surface area contributed by atoms with Crippen molar-refractivity contribution in [1.29, 1.82) is 0 Å². The molecule has 0 unspecified atom stereocenters. The van der Waals surface area contributed by atoms with Crippen LogP contribution >= 0.6 is 0 Å². The number of rotatable bonds is 2. The number of amides is 1. The van der Waals surface area contributed by atoms with Gasteiger partial charge in [0, 0.05) is 19.6 Å². The van der Waals surface area contributed by atoms with E-state index in [1.54, 1.807) is 24.3 Å². The normalized spacial score (nSPS) is 19.8. The Kier molecular flexibility index (Phi) is 4.49. The van der Waals surface area contributed by atoms with E-state index >= 15 is 0 Å². The number of hydrogen-bond acceptors (Lipinski definition) is 3. The molecule has 0 saturated carbocycles. The van der Waals surface area contributed by atoms with Crippen molar-refractivity contribution in [2.24, 2.45) is 0 Å². The highest BCUT2D eigenvalue weighted by Gasteiger charge is 2.43. The number of benzene rings is 1. The fraction of sp³-hybridized carbons (Fsp3) is 0.462. The number of piperazine rings is 1. The maximum Gasteiger partial charge on any atom is 0.410 e. The zero-order chi connectivity index (χ0) is 14.6. The molecular formula is C13H15F3N2O2. The summed E-state index contributed by atoms with van der Waals surface area (Å²) in [6.45, 7) is -0.0533. The first kappa shape index (κ1) is 14.6. The molecule has 7 heteroatoms. The number of ether oxygens (including phenoxy) is 1. The van der Waals surface area contributed by atoms with Crippen molar-refractivity contribution >= 4 is 6.09 Å². The Morgan fingerprint density at radius 2 is 2.05 bits per heavy atom. The van der Waals surface area contributed by atoms with E-state index in [2.05, 4.69) is 5.32 Å². The van der Waals surface area contributed by atoms with Crippen LogP contribution in [0.3, 0.4) is 0 Å². The second-order valence-corrected chi connectivity index (χ2v) is 4.53. The summed E-state index contributed by atoms with van der Waals surface area (Å²) in [5.41, 5.74) is 0.795. The third-order valence-electron chi connectivity index (χ3n) is 3.03. The van der Waals surface area contributed by atoms with Crippen molar-refractivity contribution in [3.8, 4) is 0 Å². The maximum atomic E-state index is 12.6. The van der Waals surface area contributed by atoms with E-state index in [0.29, 0.717) is 0 Å². The molecule has 0 radical (unpaired) electrons. The van der Waals surface area contributed by atoms with Gasteiger partial charge in [0.1, 0.15) is 12.6 Å². The average Bonchev–Trinajstić information content (AvgIpc) is 2.45. The van der Waals surface area contributed by atoms with E-state index in [1.165, 1.54) is 0 Å². The molecule has 1 amide bonds. The van der Waals surface area contributed by atoms with Gasteiger partial charge in [0.2, 0.25) is 0 Å². The van der Waals surface area contributed by atoms with E-state index in [-0.39, 0.29) is 19.7 Å². The Hall–Kier alpha value is -1.76. The van der Waals surface area contributed by atoms with Gasteiger partial charge in [-0.3, -0.25) is 0 Å². The molecule has 1 aliphatic rings. The number of nitrogens with one attached hydrogen (secondary N) is 1. The van der Waals surface area contributed by atoms with Crippen molar-refractivity contribution in [2.75, 3.05) is 19.6 Å². The molecule has 1 atom stereocenters. The van der Waals surface area contributed by atoms with Crippen LogP contribution in [0.1, 0.15) is 5.56 Å². The van der Waals surface area contributed by atoms with Crippen LogP contribution in [0.15, 0.2) is 30.3 Å². The van der Waals surface area contributed by atoms with Gasteiger partial charge in [-0.25, -0.2) is 4.79 Å². The largest absolute Gasteiger partial charge is 0.445 e. The van der Waals surface area contributed by atoms with Crippen LogP contribution in [-0.4, -0.2) is 42.8 Å². The highest BCUT2D eigenvalue weighted by Crippen LogP contribution is 2.22. The number of carbonyl (C=O) groups is 1. The van der Waals surface area contributed by atoms with Crippen LogP contribution < -0.4 is 5.32 Å². The SMILES string of the molecule is O=C(OCc1ccccc1)N1CCN[C@@H](C(F)(F)F)C1. The highest BCUT2D eigenvalue weighted by molar-refractivity contribution is 5.67. The third kappa shape index (κ3) is 3.86. The number of alkyl halides is 3. The molecule has 1 aliphatic heterocycles. The lowest BCUT2D eigenvalue weighted by Gasteiger charge is -2.33. The monoisotopic (exact) mass is 288 g/mol. The van der Waals surface area contributed by atoms with Gasteiger partial charge in [-0.15, -0.1) is 0 Å². The van der Waals surface area contributed by atoms with Crippen molar-refractivity contribution in [3.63, 3.8) is 0 Å². The molecule has 4 nitrogen and oxygen atoms in total. The first-order valence-electron chi connectivity index (χ1n) is 6.22. The molecule has 0 aromatic heterocycles. The Morgan fingerprint density at radius 3 is 2.70 bits per heavy atom. The summed E-state index contributed by atoms with van der Waals surface area (Å²) in [7, 11) is 0. The lowest BCUT2D eigenvalue weighted by atomic mass is 10.2. The van der Waals surface area contributed by atoms with Gasteiger partial charge in [0.15, 0.2) is 0 Å². The van der Waals surface area contributed by atoms with Crippen molar-refractivity contribution in [1.82, 2.24) is 10.2 Å². The van der Waals surface area contributed by atoms with Gasteiger partial charge in [0.05, 0.1) is 0 Å². The predicted molar refractivity (Wildman–Crippen MR) is 66.0 cm³/mol. The van der Waals surface area contributed by atoms with Gasteiger partial charge in [-0.1, -0.05) is 30.3 Å². The zero-order valence-electron chi connectivity index (χ0n) is 10.7. The smallest absolute Gasteiger partial charge is 0.410 e. The standard InChI is InChI=1S/C13H15F3N2O2/c14-13(15,16)11-8-18(7-6-17-11)12(19)20-9-10-4-2-1-3-5-10/h1-5,11,17H,6-9H2/t11-/m1/s1. The van der Waals surface area contributed by atoms with Crippen molar-refractivity contribution in [2.45, 2.75) is 18.8 Å². The van der Waals surface area contributed by atoms with E-state index < -0.39 is 24.9 Å². The third-order valence-corrected chi connectivity index (χ3v) is 3.03. The van der Waals surface area contributed by atoms with Crippen LogP contribution in [0.4, 0.5) is 18.0 Å². The van der Waals surface area contributed by atoms with E-state index in [0.717, 1.165) is 10.5 Å². The summed E-state index contributed by atoms with van der Waals surface area (Å²) >= 11 is 0. The Bertz CT molecular complexity index is 451. The molecule has 0 bridgehead atoms. The average molecular weight is 288 g/mol. The number of halogens is 3. The zero-order valence-corrected chi connectivity index (χ0v) is 10.7. The molecule has 110 valence electrons. The van der Waals surface area contributed by atoms with E-state index in [1.807, 2.05) is 6.07 Å². The van der Waals surface area contributed by atoms with Gasteiger partial charge in [0.25, 0.3) is 0 Å². The first-order valence-corrected chi connectivity index (χ1v) is 6.22. The predicted octanol–water partition coefficient (Wildman–Crippen LogP) is 2.16. The summed E-state index contributed by atoms with van der Waals surface area (Å²) in [5, 5.41) is 2.34. The van der Waals surface area contributed by atoms with Crippen molar-refractivity contribution < 1.29 is 22.7 Å². The van der Waals surface area contributed by atoms with Crippen LogP contribution in [0.2, 0.25) is 0 Å². The Balaban J connectivity index is 1.86. The molecular weight excluding hydrogens is 273 g/mol. The quantitative estimate of drug-likeness (QED) is 0.906. The van der Waals surface area contributed by atoms with Crippen LogP contribution in [0.25, 0.3) is 0 Å². The van der Waals surface area contributed by atoms with Gasteiger partial charge in [-0.05, 0) is 5.56 Å². The molecule has 1 saturated heterocycles. The molecule has 0 spiro atoms. The summed E-state index contributed by atoms with van der Waals surface area (Å²) in [6.07, 6.45) is -5.08. The molecule has 2 rings (SSSR count). The summed E-state index contributed by atoms with van der Waals surface area (Å²) in [5.74, 6) is 0. The number of hydrogen-bond donors (Lipinski definition) is 1. The first-order chi connectivity index (χ1) is 9.47. The van der Waals surface area contributed by atoms with Gasteiger partial charge >= 0.3 is 12.3 Å². The molecule has 1 heterocycles. The van der Waals surface area contributed by atoms with E-state index in [4.69, 9.17) is 4.74 Å². The maximum absolute atomic E-state index is 12.6. The number of carbonyl (C=O) groups excluding carboxylic acids is 1. The fourth-order valence-electron chi connectivity index (χ4n) is 1.95. The molecule has 1 aromatic rings. The molecule has 1 N–H and O–H groups in total. The molecule has 20 heavy (non-hydrogen) atoms. The second-order valence-electron chi connectivity index (χ2n) is 4.53. The topological polar surface area (TPSA) is 41.6 Å². The van der Waals surface area contributed by atoms with E-state index in [9.17, 15) is 18.0 Å². The minimum absolute atomic E-state index is 0.0558. The Labute approximate surface area is 114 Å². The van der Waals surface area contributed by atoms with Gasteiger partial charge in [-0.2, -0.15) is 13.2 Å². The summed E-state index contributed by atoms with van der Waals surface area (Å²) < 4.78 is 42.8. The molecule has 1 fully saturated rings. The Morgan fingerprint density at radius 1 is 1.35 bits per heavy atom. The second kappa shape index (κ2) is 6.13. The van der Waals surface area contributed by atoms with Gasteiger partial charge < -0.3 is 15.0 Å². The minimum atomic E-state index is -4.36. The minimum Gasteiger partial charge on any atom is -0.445 e. The number of nitrogens with zero attached hydrogens (tertiary/aromatic N) is 1. The van der Waals surface area contributed by atoms with Crippen molar-refractivity contribution in [3.05, 3.63) is 35.9 Å². The molecule has 0 aliphatic carbocycles. The summed E-state index contributed by atoms with van der Waals surface area (Å²) in [4.78, 5) is 12.8. The van der Waals surface area contributed by atoms with Crippen LogP contribution in [0, 0.1) is 0 Å². The van der Waals surface area contributed by atoms with Crippen LogP contribution in [-0.2, 0) is 11.3 Å².